The molecule has 568 valence electrons. The van der Waals surface area contributed by atoms with Crippen LogP contribution in [0.15, 0.2) is 113 Å². The first kappa shape index (κ1) is 81.2. The topological polar surface area (TPSA) is 335 Å². The molecule has 11 aromatic rings. The fourth-order valence-electron chi connectivity index (χ4n) is 9.25. The fourth-order valence-corrected chi connectivity index (χ4v) is 12.0. The smallest absolute Gasteiger partial charge is 0.382 e. The summed E-state index contributed by atoms with van der Waals surface area (Å²) in [6.45, 7) is 5.56. The van der Waals surface area contributed by atoms with Gasteiger partial charge in [0, 0.05) is 60.4 Å². The number of nitrogens with two attached hydrogens (primary N) is 2. The quantitative estimate of drug-likeness (QED) is 0.0755. The number of aromatic nitrogens is 18. The van der Waals surface area contributed by atoms with Gasteiger partial charge in [0.25, 0.3) is 0 Å². The Morgan fingerprint density at radius 3 is 1.39 bits per heavy atom. The summed E-state index contributed by atoms with van der Waals surface area (Å²) in [5.74, 6) is 0.185. The Balaban J connectivity index is 0.000000161. The van der Waals surface area contributed by atoms with E-state index in [1.165, 1.54) is 35.1 Å². The van der Waals surface area contributed by atoms with Crippen molar-refractivity contribution >= 4 is 126 Å². The van der Waals surface area contributed by atoms with Crippen molar-refractivity contribution in [3.8, 4) is 21.4 Å². The number of alkyl halides is 16. The van der Waals surface area contributed by atoms with Crippen molar-refractivity contribution in [3.63, 3.8) is 0 Å². The minimum absolute atomic E-state index is 0.0254. The standard InChI is InChI=1S/C21H16F6N8OS.C13H13F3N6.C8H4BrF3N2OS.C8H11ClN4.C5H2ClF3N2.C4H4ClN3/c22-20(23,24)12-9-17(30-28-10-12)35(16-6-5-15(31-32-16)34-7-1-2-8-34)11-13-3-4-14(37-13)18-29-19(36-33-18)21(25,26)27;14-13(15,16)9-7-11(19-17-8-9)18-10-3-4-12(21-20-10)22-5-1-2-6-22;9-3-4-1-2-5(16-4)6-13-7(15-14-6)8(10,11)12;9-6-5-7(10)11-12-8(6)13-3-1-2-4-13;6-4-1-3(2-10-11-4)5(7,8)9;5-3-1-2-4(6)8-7-3/h3-6,9-10H,1-2,7-8,11H2;3-4,7-8H,1-2,5-6H2,(H,18,19,20);1-2H,3H2;5H,1-4H2,(H2,10,11);1-2H;1-2H,(H2,6,8). The molecule has 0 bridgehead atoms. The minimum Gasteiger partial charge on any atom is -0.382 e. The number of nitrogens with one attached hydrogen (secondary N) is 1. The number of hydrogen-bond acceptors (Lipinski definition) is 29. The highest BCUT2D eigenvalue weighted by molar-refractivity contribution is 9.08. The molecule has 3 aliphatic rings. The Bertz CT molecular complexity index is 4600. The lowest BCUT2D eigenvalue weighted by Gasteiger charge is -2.23. The molecule has 107 heavy (non-hydrogen) atoms. The first-order valence-electron chi connectivity index (χ1n) is 30.6. The number of rotatable bonds is 12. The minimum atomic E-state index is -4.79. The zero-order valence-electron chi connectivity index (χ0n) is 54.0. The van der Waals surface area contributed by atoms with Crippen molar-refractivity contribution in [1.82, 2.24) is 91.7 Å². The summed E-state index contributed by atoms with van der Waals surface area (Å²) in [6, 6.07) is 20.6. The van der Waals surface area contributed by atoms with Gasteiger partial charge in [0.1, 0.15) is 11.6 Å². The zero-order chi connectivity index (χ0) is 77.3. The number of nitrogens with zero attached hydrogens (tertiary/aromatic N) is 22. The average Bonchev–Trinajstić information content (AvgIpc) is 1.79. The van der Waals surface area contributed by atoms with E-state index in [0.717, 1.165) is 105 Å². The number of anilines is 9. The highest BCUT2D eigenvalue weighted by atomic mass is 79.9. The monoisotopic (exact) mass is 1670 g/mol. The van der Waals surface area contributed by atoms with E-state index in [-0.39, 0.29) is 45.7 Å². The van der Waals surface area contributed by atoms with Crippen LogP contribution in [-0.2, 0) is 42.8 Å². The molecular weight excluding hydrogens is 1630 g/mol. The third kappa shape index (κ3) is 24.1. The molecule has 0 aliphatic carbocycles. The summed E-state index contributed by atoms with van der Waals surface area (Å²) in [6.07, 6.45) is -14.3. The fraction of sp³-hybridized carbons (Fsp3) is 0.322. The Morgan fingerprint density at radius 1 is 0.449 bits per heavy atom. The molecule has 0 aromatic carbocycles. The maximum atomic E-state index is 13.3. The van der Waals surface area contributed by atoms with E-state index < -0.39 is 59.4 Å². The second kappa shape index (κ2) is 36.2. The molecule has 11 aromatic heterocycles. The third-order valence-electron chi connectivity index (χ3n) is 14.2. The van der Waals surface area contributed by atoms with Gasteiger partial charge in [-0.25, -0.2) is 0 Å². The SMILES string of the molecule is FC(F)(F)c1cnnc(Cl)c1.FC(F)(F)c1cnnc(N(Cc2ccc(-c3noc(C(F)(F)F)n3)s2)c2ccc(N3CCCC3)nn2)c1.FC(F)(F)c1cnnc(Nc2ccc(N3CCCC3)nn2)c1.FC(F)(F)c1nc(-c2ccc(CBr)s2)no1.Nc1cc(Cl)c(N2CCCC2)nn1.Nc1ccc(Cl)nn1. The molecule has 0 amide bonds. The van der Waals surface area contributed by atoms with Crippen molar-refractivity contribution in [2.75, 3.05) is 75.7 Å². The van der Waals surface area contributed by atoms with Crippen molar-refractivity contribution < 1.29 is 74.9 Å². The molecule has 14 rings (SSSR count). The summed E-state index contributed by atoms with van der Waals surface area (Å²) in [5, 5.41) is 62.3. The van der Waals surface area contributed by atoms with Gasteiger partial charge in [-0.2, -0.15) is 91.1 Å². The van der Waals surface area contributed by atoms with Crippen LogP contribution >= 0.6 is 73.4 Å². The number of nitrogen functional groups attached to an aromatic ring is 2. The maximum Gasteiger partial charge on any atom is 0.471 e. The van der Waals surface area contributed by atoms with E-state index in [1.54, 1.807) is 60.7 Å². The van der Waals surface area contributed by atoms with Gasteiger partial charge in [-0.05, 0) is 117 Å². The second-order valence-electron chi connectivity index (χ2n) is 21.9. The summed E-state index contributed by atoms with van der Waals surface area (Å²) in [7, 11) is 0. The first-order valence-corrected chi connectivity index (χ1v) is 34.5. The van der Waals surface area contributed by atoms with Crippen LogP contribution in [0, 0.1) is 0 Å². The number of halogens is 19. The number of hydrogen-bond donors (Lipinski definition) is 3. The molecule has 0 saturated carbocycles. The van der Waals surface area contributed by atoms with E-state index >= 15 is 0 Å². The summed E-state index contributed by atoms with van der Waals surface area (Å²) < 4.78 is 197. The van der Waals surface area contributed by atoms with Gasteiger partial charge in [-0.3, -0.25) is 0 Å². The van der Waals surface area contributed by atoms with Crippen molar-refractivity contribution in [3.05, 3.63) is 157 Å². The molecule has 27 nitrogen and oxygen atoms in total. The van der Waals surface area contributed by atoms with Crippen LogP contribution in [0.5, 0.6) is 0 Å². The first-order chi connectivity index (χ1) is 50.7. The Hall–Kier alpha value is -9.86. The molecule has 3 saturated heterocycles. The largest absolute Gasteiger partial charge is 0.471 e. The van der Waals surface area contributed by atoms with Gasteiger partial charge in [0.05, 0.1) is 56.6 Å². The Kier molecular flexibility index (Phi) is 27.4. The molecule has 0 atom stereocenters. The molecule has 0 unspecified atom stereocenters. The number of thiophene rings is 2. The van der Waals surface area contributed by atoms with E-state index in [4.69, 9.17) is 46.3 Å². The molecule has 5 N–H and O–H groups in total. The molecular formula is C59H50BrCl3F15N25O2S2. The molecule has 14 heterocycles. The van der Waals surface area contributed by atoms with Crippen LogP contribution in [0.25, 0.3) is 21.4 Å². The molecule has 0 spiro atoms. The lowest BCUT2D eigenvalue weighted by molar-refractivity contribution is -0.160. The highest BCUT2D eigenvalue weighted by Crippen LogP contribution is 2.38. The van der Waals surface area contributed by atoms with E-state index in [9.17, 15) is 65.9 Å². The molecule has 48 heteroatoms. The Labute approximate surface area is 624 Å². The van der Waals surface area contributed by atoms with Crippen LogP contribution in [0.1, 0.15) is 76.8 Å². The normalized spacial score (nSPS) is 13.8. The van der Waals surface area contributed by atoms with Crippen LogP contribution in [-0.4, -0.2) is 131 Å². The van der Waals surface area contributed by atoms with Crippen LogP contribution in [0.4, 0.5) is 118 Å². The van der Waals surface area contributed by atoms with Crippen LogP contribution in [0.2, 0.25) is 15.3 Å². The third-order valence-corrected chi connectivity index (χ3v) is 18.0. The van der Waals surface area contributed by atoms with Crippen molar-refractivity contribution in [2.45, 2.75) is 81.3 Å². The van der Waals surface area contributed by atoms with E-state index in [2.05, 4.69) is 137 Å². The van der Waals surface area contributed by atoms with Gasteiger partial charge in [-0.15, -0.1) is 78.8 Å². The van der Waals surface area contributed by atoms with Crippen LogP contribution < -0.4 is 36.4 Å². The van der Waals surface area contributed by atoms with Gasteiger partial charge in [0.2, 0.25) is 11.6 Å². The zero-order valence-corrected chi connectivity index (χ0v) is 59.5. The lowest BCUT2D eigenvalue weighted by atomic mass is 10.2. The summed E-state index contributed by atoms with van der Waals surface area (Å²) >= 11 is 22.1. The van der Waals surface area contributed by atoms with Gasteiger partial charge < -0.3 is 45.4 Å². The molecule has 0 radical (unpaired) electrons. The second-order valence-corrected chi connectivity index (χ2v) is 26.0. The van der Waals surface area contributed by atoms with Crippen molar-refractivity contribution in [1.29, 1.82) is 0 Å². The van der Waals surface area contributed by atoms with Crippen LogP contribution in [0.3, 0.4) is 0 Å². The van der Waals surface area contributed by atoms with Crippen molar-refractivity contribution in [2.24, 2.45) is 0 Å². The van der Waals surface area contributed by atoms with E-state index in [1.807, 2.05) is 0 Å². The molecule has 3 aliphatic heterocycles. The van der Waals surface area contributed by atoms with E-state index in [0.29, 0.717) is 73.2 Å². The summed E-state index contributed by atoms with van der Waals surface area (Å²) in [5.41, 5.74) is 7.89. The maximum absolute atomic E-state index is 13.3. The molecule has 3 fully saturated rings. The lowest BCUT2D eigenvalue weighted by Crippen LogP contribution is -2.22. The highest BCUT2D eigenvalue weighted by Gasteiger charge is 2.40. The average molecular weight is 1680 g/mol. The Morgan fingerprint density at radius 2 is 0.944 bits per heavy atom. The predicted octanol–water partition coefficient (Wildman–Crippen LogP) is 15.9. The van der Waals surface area contributed by atoms with Gasteiger partial charge >= 0.3 is 42.7 Å². The summed E-state index contributed by atoms with van der Waals surface area (Å²) in [4.78, 5) is 16.7. The van der Waals surface area contributed by atoms with Gasteiger partial charge in [0.15, 0.2) is 51.0 Å². The predicted molar refractivity (Wildman–Crippen MR) is 364 cm³/mol. The van der Waals surface area contributed by atoms with Gasteiger partial charge in [-0.1, -0.05) is 61.0 Å².